The molecule has 1 rings (SSSR count). The molecule has 0 aromatic rings. The molecule has 0 amide bonds. The summed E-state index contributed by atoms with van der Waals surface area (Å²) in [6, 6.07) is 0. The number of alkyl halides is 2. The zero-order valence-corrected chi connectivity index (χ0v) is 8.15. The molecule has 0 aliphatic carbocycles. The number of rotatable bonds is 3. The molecule has 0 aromatic heterocycles. The van der Waals surface area contributed by atoms with Crippen LogP contribution in [-0.4, -0.2) is 24.7 Å². The first-order valence-electron chi connectivity index (χ1n) is 4.10. The molecule has 66 valence electrons. The molecule has 0 aromatic carbocycles. The molecule has 0 saturated carbocycles. The SMILES string of the molecule is F[C@H](CBr)C[C@H]1CCCOC1. The van der Waals surface area contributed by atoms with E-state index in [0.717, 1.165) is 26.1 Å². The van der Waals surface area contributed by atoms with Crippen LogP contribution >= 0.6 is 15.9 Å². The van der Waals surface area contributed by atoms with Crippen molar-refractivity contribution in [1.29, 1.82) is 0 Å². The first kappa shape index (κ1) is 9.46. The van der Waals surface area contributed by atoms with Crippen LogP contribution in [0.2, 0.25) is 0 Å². The highest BCUT2D eigenvalue weighted by molar-refractivity contribution is 9.09. The summed E-state index contributed by atoms with van der Waals surface area (Å²) in [6.45, 7) is 1.62. The van der Waals surface area contributed by atoms with Crippen molar-refractivity contribution in [3.8, 4) is 0 Å². The van der Waals surface area contributed by atoms with Gasteiger partial charge in [-0.1, -0.05) is 15.9 Å². The molecule has 1 nitrogen and oxygen atoms in total. The first-order valence-corrected chi connectivity index (χ1v) is 5.23. The molecular formula is C8H14BrFO. The summed E-state index contributed by atoms with van der Waals surface area (Å²) in [5.41, 5.74) is 0. The standard InChI is InChI=1S/C8H14BrFO/c9-5-8(10)4-7-2-1-3-11-6-7/h7-8H,1-6H2/t7-,8+/m1/s1. The van der Waals surface area contributed by atoms with Crippen LogP contribution < -0.4 is 0 Å². The van der Waals surface area contributed by atoms with E-state index in [-0.39, 0.29) is 0 Å². The van der Waals surface area contributed by atoms with Crippen LogP contribution in [0.25, 0.3) is 0 Å². The summed E-state index contributed by atoms with van der Waals surface area (Å²) in [5, 5.41) is 0.462. The molecule has 1 fully saturated rings. The Morgan fingerprint density at radius 2 is 2.45 bits per heavy atom. The van der Waals surface area contributed by atoms with Crippen molar-refractivity contribution in [3.05, 3.63) is 0 Å². The summed E-state index contributed by atoms with van der Waals surface area (Å²) in [5.74, 6) is 0.455. The Morgan fingerprint density at radius 1 is 1.64 bits per heavy atom. The fourth-order valence-corrected chi connectivity index (χ4v) is 1.68. The monoisotopic (exact) mass is 224 g/mol. The van der Waals surface area contributed by atoms with E-state index in [1.54, 1.807) is 0 Å². The summed E-state index contributed by atoms with van der Waals surface area (Å²) in [6.07, 6.45) is 2.19. The average Bonchev–Trinajstić information content (AvgIpc) is 2.06. The van der Waals surface area contributed by atoms with Crippen LogP contribution in [0.5, 0.6) is 0 Å². The maximum atomic E-state index is 12.8. The van der Waals surface area contributed by atoms with E-state index in [2.05, 4.69) is 15.9 Å². The Balaban J connectivity index is 2.13. The van der Waals surface area contributed by atoms with Crippen molar-refractivity contribution in [2.75, 3.05) is 18.5 Å². The first-order chi connectivity index (χ1) is 5.33. The number of hydrogen-bond donors (Lipinski definition) is 0. The van der Waals surface area contributed by atoms with Gasteiger partial charge < -0.3 is 4.74 Å². The van der Waals surface area contributed by atoms with Crippen LogP contribution in [0.15, 0.2) is 0 Å². The van der Waals surface area contributed by atoms with Crippen molar-refractivity contribution in [3.63, 3.8) is 0 Å². The van der Waals surface area contributed by atoms with Crippen LogP contribution in [0.1, 0.15) is 19.3 Å². The van der Waals surface area contributed by atoms with E-state index in [0.29, 0.717) is 17.7 Å². The van der Waals surface area contributed by atoms with E-state index in [1.165, 1.54) is 0 Å². The third kappa shape index (κ3) is 3.52. The predicted octanol–water partition coefficient (Wildman–Crippen LogP) is 2.54. The molecule has 0 spiro atoms. The Labute approximate surface area is 75.4 Å². The van der Waals surface area contributed by atoms with Gasteiger partial charge in [0.05, 0.1) is 0 Å². The van der Waals surface area contributed by atoms with E-state index >= 15 is 0 Å². The molecule has 3 heteroatoms. The van der Waals surface area contributed by atoms with Crippen LogP contribution in [0.4, 0.5) is 4.39 Å². The van der Waals surface area contributed by atoms with Gasteiger partial charge in [-0.25, -0.2) is 4.39 Å². The quantitative estimate of drug-likeness (QED) is 0.670. The van der Waals surface area contributed by atoms with Gasteiger partial charge in [0.1, 0.15) is 6.17 Å². The zero-order chi connectivity index (χ0) is 8.10. The van der Waals surface area contributed by atoms with E-state index in [9.17, 15) is 4.39 Å². The van der Waals surface area contributed by atoms with Crippen molar-refractivity contribution in [2.24, 2.45) is 5.92 Å². The second-order valence-corrected chi connectivity index (χ2v) is 3.72. The molecule has 1 aliphatic rings. The zero-order valence-electron chi connectivity index (χ0n) is 6.56. The Bertz CT molecular complexity index is 104. The largest absolute Gasteiger partial charge is 0.381 e. The highest BCUT2D eigenvalue weighted by Crippen LogP contribution is 2.20. The molecule has 0 radical (unpaired) electrons. The molecule has 0 unspecified atom stereocenters. The van der Waals surface area contributed by atoms with Crippen molar-refractivity contribution in [1.82, 2.24) is 0 Å². The van der Waals surface area contributed by atoms with Gasteiger partial charge in [-0.15, -0.1) is 0 Å². The fourth-order valence-electron chi connectivity index (χ4n) is 1.42. The maximum Gasteiger partial charge on any atom is 0.110 e. The molecule has 1 aliphatic heterocycles. The molecule has 1 saturated heterocycles. The average molecular weight is 225 g/mol. The lowest BCUT2D eigenvalue weighted by atomic mass is 9.97. The Hall–Kier alpha value is 0.370. The van der Waals surface area contributed by atoms with Crippen molar-refractivity contribution >= 4 is 15.9 Å². The third-order valence-electron chi connectivity index (χ3n) is 2.01. The summed E-state index contributed by atoms with van der Waals surface area (Å²) in [4.78, 5) is 0. The molecular weight excluding hydrogens is 211 g/mol. The minimum Gasteiger partial charge on any atom is -0.381 e. The Morgan fingerprint density at radius 3 is 3.00 bits per heavy atom. The maximum absolute atomic E-state index is 12.8. The normalized spacial score (nSPS) is 28.4. The van der Waals surface area contributed by atoms with Crippen LogP contribution in [0.3, 0.4) is 0 Å². The van der Waals surface area contributed by atoms with Gasteiger partial charge in [0, 0.05) is 18.5 Å². The highest BCUT2D eigenvalue weighted by atomic mass is 79.9. The van der Waals surface area contributed by atoms with E-state index in [4.69, 9.17) is 4.74 Å². The van der Waals surface area contributed by atoms with Crippen molar-refractivity contribution < 1.29 is 9.13 Å². The Kier molecular flexibility index (Phi) is 4.38. The molecule has 2 atom stereocenters. The lowest BCUT2D eigenvalue weighted by molar-refractivity contribution is 0.0435. The number of ether oxygens (including phenoxy) is 1. The van der Waals surface area contributed by atoms with Gasteiger partial charge in [0.2, 0.25) is 0 Å². The lowest BCUT2D eigenvalue weighted by Gasteiger charge is -2.22. The predicted molar refractivity (Wildman–Crippen MR) is 46.9 cm³/mol. The number of hydrogen-bond acceptors (Lipinski definition) is 1. The van der Waals surface area contributed by atoms with Crippen molar-refractivity contribution in [2.45, 2.75) is 25.4 Å². The van der Waals surface area contributed by atoms with Gasteiger partial charge in [0.25, 0.3) is 0 Å². The van der Waals surface area contributed by atoms with Gasteiger partial charge in [-0.05, 0) is 25.2 Å². The highest BCUT2D eigenvalue weighted by Gasteiger charge is 2.17. The summed E-state index contributed by atoms with van der Waals surface area (Å²) >= 11 is 3.13. The molecule has 1 heterocycles. The molecule has 0 bridgehead atoms. The minimum absolute atomic E-state index is 0.455. The lowest BCUT2D eigenvalue weighted by Crippen LogP contribution is -2.21. The van der Waals surface area contributed by atoms with Gasteiger partial charge in [0.15, 0.2) is 0 Å². The fraction of sp³-hybridized carbons (Fsp3) is 1.00. The van der Waals surface area contributed by atoms with Gasteiger partial charge >= 0.3 is 0 Å². The minimum atomic E-state index is -0.693. The topological polar surface area (TPSA) is 9.23 Å². The second-order valence-electron chi connectivity index (χ2n) is 3.07. The van der Waals surface area contributed by atoms with Crippen LogP contribution in [0, 0.1) is 5.92 Å². The molecule has 0 N–H and O–H groups in total. The van der Waals surface area contributed by atoms with E-state index < -0.39 is 6.17 Å². The van der Waals surface area contributed by atoms with Crippen LogP contribution in [-0.2, 0) is 4.74 Å². The van der Waals surface area contributed by atoms with Gasteiger partial charge in [-0.2, -0.15) is 0 Å². The van der Waals surface area contributed by atoms with E-state index in [1.807, 2.05) is 0 Å². The summed E-state index contributed by atoms with van der Waals surface area (Å²) < 4.78 is 18.1. The number of halogens is 2. The molecule has 11 heavy (non-hydrogen) atoms. The smallest absolute Gasteiger partial charge is 0.110 e. The summed E-state index contributed by atoms with van der Waals surface area (Å²) in [7, 11) is 0. The third-order valence-corrected chi connectivity index (χ3v) is 2.71. The second kappa shape index (κ2) is 5.09. The van der Waals surface area contributed by atoms with Gasteiger partial charge in [-0.3, -0.25) is 0 Å².